The van der Waals surface area contributed by atoms with Crippen molar-refractivity contribution in [2.75, 3.05) is 0 Å². The molecule has 1 nitrogen and oxygen atoms in total. The molecule has 0 N–H and O–H groups in total. The molecule has 2 rings (SSSR count). The smallest absolute Gasteiger partial charge is 0.124 e. The van der Waals surface area contributed by atoms with Crippen LogP contribution in [0.3, 0.4) is 0 Å². The van der Waals surface area contributed by atoms with Crippen LogP contribution in [0.15, 0.2) is 22.0 Å². The summed E-state index contributed by atoms with van der Waals surface area (Å²) in [5.74, 6) is 0. The highest BCUT2D eigenvalue weighted by molar-refractivity contribution is 9.11. The fourth-order valence-electron chi connectivity index (χ4n) is 0.979. The third-order valence-corrected chi connectivity index (χ3v) is 3.04. The van der Waals surface area contributed by atoms with E-state index in [0.717, 1.165) is 14.3 Å². The number of aryl methyl sites for hydroxylation is 1. The first-order valence-electron chi connectivity index (χ1n) is 3.28. The minimum atomic E-state index is 1.08. The predicted molar refractivity (Wildman–Crippen MR) is 52.1 cm³/mol. The number of rotatable bonds is 0. The van der Waals surface area contributed by atoms with Crippen LogP contribution in [0.4, 0.5) is 0 Å². The zero-order valence-electron chi connectivity index (χ0n) is 5.97. The predicted octanol–water partition coefficient (Wildman–Crippen LogP) is 3.37. The zero-order chi connectivity index (χ0) is 7.84. The maximum absolute atomic E-state index is 4.38. The Morgan fingerprint density at radius 3 is 3.09 bits per heavy atom. The highest BCUT2D eigenvalue weighted by Gasteiger charge is 1.99. The molecule has 2 aromatic rings. The molecule has 0 aliphatic heterocycles. The molecule has 2 aromatic heterocycles. The quantitative estimate of drug-likeness (QED) is 0.673. The summed E-state index contributed by atoms with van der Waals surface area (Å²) in [5.41, 5.74) is 1.08. The lowest BCUT2D eigenvalue weighted by Gasteiger charge is -1.89. The number of thiophene rings is 1. The summed E-state index contributed by atoms with van der Waals surface area (Å²) in [4.78, 5) is 5.49. The fourth-order valence-corrected chi connectivity index (χ4v) is 2.49. The van der Waals surface area contributed by atoms with E-state index in [0.29, 0.717) is 0 Å². The third-order valence-electron chi connectivity index (χ3n) is 1.49. The Morgan fingerprint density at radius 1 is 1.45 bits per heavy atom. The van der Waals surface area contributed by atoms with Gasteiger partial charge in [-0.25, -0.2) is 4.98 Å². The first-order chi connectivity index (χ1) is 5.25. The molecule has 0 aliphatic rings. The molecule has 3 heteroatoms. The second-order valence-corrected chi connectivity index (χ2v) is 4.81. The Balaban J connectivity index is 2.82. The van der Waals surface area contributed by atoms with Gasteiger partial charge in [-0.05, 0) is 35.0 Å². The Kier molecular flexibility index (Phi) is 1.69. The van der Waals surface area contributed by atoms with Crippen molar-refractivity contribution in [3.8, 4) is 0 Å². The Bertz CT molecular complexity index is 394. The van der Waals surface area contributed by atoms with Crippen LogP contribution in [0.5, 0.6) is 0 Å². The van der Waals surface area contributed by atoms with Crippen molar-refractivity contribution >= 4 is 37.5 Å². The largest absolute Gasteiger partial charge is 0.242 e. The van der Waals surface area contributed by atoms with Crippen LogP contribution in [0.2, 0.25) is 0 Å². The number of aromatic nitrogens is 1. The number of nitrogens with zero attached hydrogens (tertiary/aromatic N) is 1. The third kappa shape index (κ3) is 1.30. The lowest BCUT2D eigenvalue weighted by atomic mass is 10.3. The molecule has 0 amide bonds. The van der Waals surface area contributed by atoms with Crippen molar-refractivity contribution < 1.29 is 0 Å². The maximum atomic E-state index is 4.38. The summed E-state index contributed by atoms with van der Waals surface area (Å²) in [7, 11) is 0. The monoisotopic (exact) mass is 227 g/mol. The average Bonchev–Trinajstić information content (AvgIpc) is 2.27. The molecule has 0 atom stereocenters. The van der Waals surface area contributed by atoms with Gasteiger partial charge in [-0.15, -0.1) is 11.3 Å². The van der Waals surface area contributed by atoms with Crippen LogP contribution >= 0.6 is 27.3 Å². The van der Waals surface area contributed by atoms with Gasteiger partial charge in [-0.2, -0.15) is 0 Å². The van der Waals surface area contributed by atoms with E-state index in [1.54, 1.807) is 11.3 Å². The van der Waals surface area contributed by atoms with Crippen LogP contribution in [-0.4, -0.2) is 4.98 Å². The zero-order valence-corrected chi connectivity index (χ0v) is 8.37. The number of fused-ring (bicyclic) bond motifs is 1. The van der Waals surface area contributed by atoms with Crippen molar-refractivity contribution in [3.05, 3.63) is 27.7 Å². The lowest BCUT2D eigenvalue weighted by molar-refractivity contribution is 1.27. The molecule has 11 heavy (non-hydrogen) atoms. The summed E-state index contributed by atoms with van der Waals surface area (Å²) in [5, 5.41) is 1.22. The van der Waals surface area contributed by atoms with Crippen LogP contribution in [0.25, 0.3) is 10.2 Å². The Hall–Kier alpha value is -0.410. The standard InChI is InChI=1S/C8H6BrNS/c1-5-2-3-6-4-7(9)11-8(6)10-5/h2-4H,1H3. The molecule has 0 aromatic carbocycles. The lowest BCUT2D eigenvalue weighted by Crippen LogP contribution is -1.75. The highest BCUT2D eigenvalue weighted by atomic mass is 79.9. The van der Waals surface area contributed by atoms with Gasteiger partial charge in [0.05, 0.1) is 3.79 Å². The summed E-state index contributed by atoms with van der Waals surface area (Å²) in [6.07, 6.45) is 0. The highest BCUT2D eigenvalue weighted by Crippen LogP contribution is 2.27. The van der Waals surface area contributed by atoms with Crippen molar-refractivity contribution in [1.29, 1.82) is 0 Å². The summed E-state index contributed by atoms with van der Waals surface area (Å²) in [6.45, 7) is 2.01. The van der Waals surface area contributed by atoms with Crippen molar-refractivity contribution in [2.24, 2.45) is 0 Å². The second-order valence-electron chi connectivity index (χ2n) is 2.40. The van der Waals surface area contributed by atoms with Gasteiger partial charge < -0.3 is 0 Å². The molecular formula is C8H6BrNS. The van der Waals surface area contributed by atoms with E-state index in [9.17, 15) is 0 Å². The summed E-state index contributed by atoms with van der Waals surface area (Å²) >= 11 is 5.10. The van der Waals surface area contributed by atoms with E-state index < -0.39 is 0 Å². The van der Waals surface area contributed by atoms with E-state index in [2.05, 4.69) is 33.0 Å². The number of halogens is 1. The summed E-state index contributed by atoms with van der Waals surface area (Å²) in [6, 6.07) is 6.22. The molecular weight excluding hydrogens is 222 g/mol. The molecule has 0 bridgehead atoms. The van der Waals surface area contributed by atoms with E-state index in [-0.39, 0.29) is 0 Å². The average molecular weight is 228 g/mol. The molecule has 0 aliphatic carbocycles. The van der Waals surface area contributed by atoms with Crippen molar-refractivity contribution in [1.82, 2.24) is 4.98 Å². The number of hydrogen-bond acceptors (Lipinski definition) is 2. The first kappa shape index (κ1) is 7.25. The van der Waals surface area contributed by atoms with Crippen molar-refractivity contribution in [2.45, 2.75) is 6.92 Å². The van der Waals surface area contributed by atoms with Crippen LogP contribution in [-0.2, 0) is 0 Å². The minimum absolute atomic E-state index is 1.08. The second kappa shape index (κ2) is 2.57. The molecule has 2 heterocycles. The fraction of sp³-hybridized carbons (Fsp3) is 0.125. The van der Waals surface area contributed by atoms with Gasteiger partial charge in [0.2, 0.25) is 0 Å². The van der Waals surface area contributed by atoms with Crippen molar-refractivity contribution in [3.63, 3.8) is 0 Å². The molecule has 0 unspecified atom stereocenters. The van der Waals surface area contributed by atoms with Gasteiger partial charge in [-0.1, -0.05) is 6.07 Å². The Labute approximate surface area is 77.2 Å². The molecule has 0 spiro atoms. The molecule has 0 fully saturated rings. The van der Waals surface area contributed by atoms with E-state index >= 15 is 0 Å². The topological polar surface area (TPSA) is 12.9 Å². The van der Waals surface area contributed by atoms with E-state index in [1.807, 2.05) is 13.0 Å². The SMILES string of the molecule is Cc1ccc2cc(Br)sc2n1. The van der Waals surface area contributed by atoms with E-state index in [1.165, 1.54) is 5.39 Å². The molecule has 0 saturated carbocycles. The summed E-state index contributed by atoms with van der Waals surface area (Å²) < 4.78 is 1.14. The first-order valence-corrected chi connectivity index (χ1v) is 4.89. The van der Waals surface area contributed by atoms with E-state index in [4.69, 9.17) is 0 Å². The van der Waals surface area contributed by atoms with Crippen LogP contribution in [0, 0.1) is 6.92 Å². The minimum Gasteiger partial charge on any atom is -0.242 e. The molecule has 0 radical (unpaired) electrons. The van der Waals surface area contributed by atoms with Gasteiger partial charge in [-0.3, -0.25) is 0 Å². The van der Waals surface area contributed by atoms with Crippen LogP contribution in [0.1, 0.15) is 5.69 Å². The molecule has 56 valence electrons. The maximum Gasteiger partial charge on any atom is 0.124 e. The Morgan fingerprint density at radius 2 is 2.27 bits per heavy atom. The van der Waals surface area contributed by atoms with Gasteiger partial charge in [0.1, 0.15) is 4.83 Å². The molecule has 0 saturated heterocycles. The van der Waals surface area contributed by atoms with Gasteiger partial charge in [0.25, 0.3) is 0 Å². The van der Waals surface area contributed by atoms with Gasteiger partial charge >= 0.3 is 0 Å². The number of pyridine rings is 1. The van der Waals surface area contributed by atoms with Gasteiger partial charge in [0.15, 0.2) is 0 Å². The number of hydrogen-bond donors (Lipinski definition) is 0. The normalized spacial score (nSPS) is 10.7. The van der Waals surface area contributed by atoms with Gasteiger partial charge in [0, 0.05) is 11.1 Å². The van der Waals surface area contributed by atoms with Crippen LogP contribution < -0.4 is 0 Å².